The summed E-state index contributed by atoms with van der Waals surface area (Å²) in [6.07, 6.45) is 5.07. The molecular formula is C28H27ClN6O6S. The first-order valence-corrected chi connectivity index (χ1v) is 14.5. The molecule has 0 bridgehead atoms. The Balaban J connectivity index is 1.30. The highest BCUT2D eigenvalue weighted by atomic mass is 35.5. The van der Waals surface area contributed by atoms with Crippen molar-refractivity contribution in [2.75, 3.05) is 18.5 Å². The Kier molecular flexibility index (Phi) is 7.61. The molecule has 1 saturated carbocycles. The van der Waals surface area contributed by atoms with Gasteiger partial charge in [-0.3, -0.25) is 4.57 Å². The summed E-state index contributed by atoms with van der Waals surface area (Å²) < 4.78 is 13.6. The minimum Gasteiger partial charge on any atom is -0.479 e. The van der Waals surface area contributed by atoms with Gasteiger partial charge in [0.2, 0.25) is 10.9 Å². The first-order valence-electron chi connectivity index (χ1n) is 13.2. The van der Waals surface area contributed by atoms with Gasteiger partial charge in [-0.1, -0.05) is 36.3 Å². The van der Waals surface area contributed by atoms with Crippen molar-refractivity contribution in [1.29, 1.82) is 0 Å². The number of ether oxygens (including phenoxy) is 2. The van der Waals surface area contributed by atoms with Gasteiger partial charge in [0.25, 0.3) is 0 Å². The molecule has 1 aromatic carbocycles. The lowest BCUT2D eigenvalue weighted by Gasteiger charge is -2.32. The van der Waals surface area contributed by atoms with Gasteiger partial charge in [0.15, 0.2) is 28.8 Å². The molecular weight excluding hydrogens is 584 g/mol. The van der Waals surface area contributed by atoms with E-state index in [1.54, 1.807) is 29.6 Å². The van der Waals surface area contributed by atoms with Crippen molar-refractivity contribution in [3.05, 3.63) is 64.1 Å². The third-order valence-electron chi connectivity index (χ3n) is 7.64. The molecule has 4 aromatic rings. The highest BCUT2D eigenvalue weighted by Gasteiger charge is 2.57. The van der Waals surface area contributed by atoms with E-state index in [0.717, 1.165) is 12.8 Å². The smallest absolute Gasteiger partial charge is 0.342 e. The number of rotatable bonds is 11. The molecule has 0 amide bonds. The maximum absolute atomic E-state index is 12.8. The van der Waals surface area contributed by atoms with E-state index in [1.165, 1.54) is 27.7 Å². The van der Waals surface area contributed by atoms with Crippen LogP contribution >= 0.6 is 22.9 Å². The van der Waals surface area contributed by atoms with Crippen molar-refractivity contribution in [1.82, 2.24) is 24.5 Å². The van der Waals surface area contributed by atoms with E-state index in [1.807, 2.05) is 6.07 Å². The summed E-state index contributed by atoms with van der Waals surface area (Å²) >= 11 is 7.44. The van der Waals surface area contributed by atoms with Crippen LogP contribution in [0.5, 0.6) is 0 Å². The molecule has 1 saturated heterocycles. The number of aliphatic carboxylic acids is 1. The second kappa shape index (κ2) is 11.2. The molecule has 12 nitrogen and oxygen atoms in total. The average Bonchev–Trinajstić information content (AvgIpc) is 3.35. The van der Waals surface area contributed by atoms with E-state index in [4.69, 9.17) is 27.5 Å². The second-order valence-electron chi connectivity index (χ2n) is 10.4. The summed E-state index contributed by atoms with van der Waals surface area (Å²) in [4.78, 5) is 30.0. The van der Waals surface area contributed by atoms with Crippen LogP contribution in [0.4, 0.5) is 5.82 Å². The summed E-state index contributed by atoms with van der Waals surface area (Å²) in [6.45, 7) is 0.225. The van der Waals surface area contributed by atoms with Crippen molar-refractivity contribution < 1.29 is 29.6 Å². The minimum atomic E-state index is -2.25. The van der Waals surface area contributed by atoms with Crippen LogP contribution in [-0.4, -0.2) is 76.8 Å². The predicted octanol–water partition coefficient (Wildman–Crippen LogP) is 2.62. The molecule has 42 heavy (non-hydrogen) atoms. The predicted molar refractivity (Wildman–Crippen MR) is 153 cm³/mol. The molecule has 1 aliphatic heterocycles. The first kappa shape index (κ1) is 28.5. The maximum Gasteiger partial charge on any atom is 0.342 e. The van der Waals surface area contributed by atoms with Crippen molar-refractivity contribution in [3.63, 3.8) is 0 Å². The van der Waals surface area contributed by atoms with Crippen LogP contribution in [0.3, 0.4) is 0 Å². The Bertz CT molecular complexity index is 1630. The number of thiazole rings is 1. The lowest BCUT2D eigenvalue weighted by Crippen LogP contribution is -2.50. The molecule has 2 fully saturated rings. The number of nitrogens with zero attached hydrogens (tertiary/aromatic N) is 5. The number of aromatic nitrogens is 5. The van der Waals surface area contributed by atoms with Gasteiger partial charge in [0, 0.05) is 18.3 Å². The van der Waals surface area contributed by atoms with Crippen LogP contribution in [-0.2, 0) is 26.3 Å². The number of nitrogens with one attached hydrogen (secondary N) is 1. The Morgan fingerprint density at radius 1 is 1.31 bits per heavy atom. The largest absolute Gasteiger partial charge is 0.479 e. The van der Waals surface area contributed by atoms with Crippen LogP contribution < -0.4 is 5.32 Å². The highest BCUT2D eigenvalue weighted by molar-refractivity contribution is 7.07. The number of anilines is 1. The molecule has 0 spiro atoms. The number of terminal acetylenes is 1. The molecule has 14 heteroatoms. The summed E-state index contributed by atoms with van der Waals surface area (Å²) in [5, 5.41) is 37.9. The van der Waals surface area contributed by atoms with Gasteiger partial charge < -0.3 is 30.1 Å². The zero-order valence-electron chi connectivity index (χ0n) is 22.1. The number of aliphatic hydroxyl groups is 2. The number of aliphatic hydroxyl groups excluding tert-OH is 1. The first-order chi connectivity index (χ1) is 20.2. The molecule has 6 rings (SSSR count). The van der Waals surface area contributed by atoms with E-state index < -0.39 is 42.2 Å². The fraction of sp³-hybridized carbons (Fsp3) is 0.393. The van der Waals surface area contributed by atoms with Gasteiger partial charge in [-0.25, -0.2) is 14.8 Å². The summed E-state index contributed by atoms with van der Waals surface area (Å²) in [7, 11) is 0. The number of carboxylic acid groups (broad SMARTS) is 1. The van der Waals surface area contributed by atoms with Crippen LogP contribution in [0.1, 0.15) is 30.3 Å². The standard InChI is InChI=1S/C28H27ClN6O6S/c1-2-27(39)19(12-40-28(25(37)38,18-13-42-15-32-18)10-16-6-4-3-5-7-16)41-24(21(27)36)35-14-31-20-22(30-11-17-8-9-17)33-26(29)34-23(20)35/h1,3-7,13-15,17,19,21,24,36,39H,8-12H2,(H,37,38)(H,30,33,34)/t19-,21+,24-,27-,28?/m1/s1. The van der Waals surface area contributed by atoms with Gasteiger partial charge >= 0.3 is 5.97 Å². The zero-order valence-corrected chi connectivity index (χ0v) is 23.7. The summed E-state index contributed by atoms with van der Waals surface area (Å²) in [5.41, 5.74) is -1.13. The van der Waals surface area contributed by atoms with E-state index in [0.29, 0.717) is 29.4 Å². The lowest BCUT2D eigenvalue weighted by atomic mass is 9.90. The van der Waals surface area contributed by atoms with Gasteiger partial charge in [-0.05, 0) is 35.9 Å². The van der Waals surface area contributed by atoms with E-state index in [9.17, 15) is 20.1 Å². The third-order valence-corrected chi connectivity index (χ3v) is 8.39. The fourth-order valence-electron chi connectivity index (χ4n) is 5.05. The molecule has 4 heterocycles. The van der Waals surface area contributed by atoms with Crippen LogP contribution in [0.15, 0.2) is 47.5 Å². The minimum absolute atomic E-state index is 0.0439. The van der Waals surface area contributed by atoms with Gasteiger partial charge in [0.05, 0.1) is 24.1 Å². The van der Waals surface area contributed by atoms with Crippen LogP contribution in [0, 0.1) is 18.3 Å². The van der Waals surface area contributed by atoms with Crippen molar-refractivity contribution in [3.8, 4) is 12.3 Å². The monoisotopic (exact) mass is 610 g/mol. The Labute approximate surface area is 249 Å². The third kappa shape index (κ3) is 5.11. The molecule has 5 atom stereocenters. The van der Waals surface area contributed by atoms with Crippen molar-refractivity contribution in [2.24, 2.45) is 5.92 Å². The lowest BCUT2D eigenvalue weighted by molar-refractivity contribution is -0.179. The summed E-state index contributed by atoms with van der Waals surface area (Å²) in [6, 6.07) is 8.96. The van der Waals surface area contributed by atoms with Crippen LogP contribution in [0.25, 0.3) is 11.2 Å². The number of benzene rings is 1. The topological polar surface area (TPSA) is 165 Å². The fourth-order valence-corrected chi connectivity index (χ4v) is 5.83. The highest BCUT2D eigenvalue weighted by Crippen LogP contribution is 2.41. The zero-order chi connectivity index (χ0) is 29.5. The Morgan fingerprint density at radius 3 is 2.76 bits per heavy atom. The average molecular weight is 611 g/mol. The van der Waals surface area contributed by atoms with E-state index in [2.05, 4.69) is 31.2 Å². The Hall–Kier alpha value is -3.64. The quantitative estimate of drug-likeness (QED) is 0.146. The number of halogens is 1. The molecule has 1 unspecified atom stereocenters. The number of carboxylic acids is 1. The number of hydrogen-bond acceptors (Lipinski definition) is 11. The normalized spacial score (nSPS) is 25.2. The maximum atomic E-state index is 12.8. The van der Waals surface area contributed by atoms with Crippen molar-refractivity contribution >= 4 is 45.9 Å². The van der Waals surface area contributed by atoms with Crippen molar-refractivity contribution in [2.45, 2.75) is 48.9 Å². The SMILES string of the molecule is C#C[C@@]1(O)[C@@H](COC(Cc2ccccc2)(C(=O)O)c2cscn2)O[C@@H](n2cnc3c(NCC4CC4)nc(Cl)nc32)[C@@H]1O. The second-order valence-corrected chi connectivity index (χ2v) is 11.5. The van der Waals surface area contributed by atoms with Gasteiger partial charge in [-0.2, -0.15) is 9.97 Å². The Morgan fingerprint density at radius 2 is 2.10 bits per heavy atom. The van der Waals surface area contributed by atoms with E-state index in [-0.39, 0.29) is 23.0 Å². The number of fused-ring (bicyclic) bond motifs is 1. The molecule has 218 valence electrons. The molecule has 0 radical (unpaired) electrons. The molecule has 1 aliphatic carbocycles. The van der Waals surface area contributed by atoms with Gasteiger partial charge in [0.1, 0.15) is 12.2 Å². The van der Waals surface area contributed by atoms with Crippen LogP contribution in [0.2, 0.25) is 5.28 Å². The van der Waals surface area contributed by atoms with E-state index >= 15 is 0 Å². The number of hydrogen-bond donors (Lipinski definition) is 4. The number of carbonyl (C=O) groups is 1. The molecule has 4 N–H and O–H groups in total. The summed E-state index contributed by atoms with van der Waals surface area (Å²) in [5.74, 6) is 1.94. The van der Waals surface area contributed by atoms with Gasteiger partial charge in [-0.15, -0.1) is 17.8 Å². The molecule has 2 aliphatic rings. The molecule has 3 aromatic heterocycles. The number of imidazole rings is 1.